The van der Waals surface area contributed by atoms with Crippen LogP contribution in [0.4, 0.5) is 0 Å². The molecule has 0 saturated heterocycles. The van der Waals surface area contributed by atoms with E-state index in [1.54, 1.807) is 36.4 Å². The third-order valence-electron chi connectivity index (χ3n) is 2.27. The molecule has 6 heteroatoms. The molecule has 1 aromatic carbocycles. The van der Waals surface area contributed by atoms with Crippen LogP contribution in [0.2, 0.25) is 0 Å². The highest BCUT2D eigenvalue weighted by Gasteiger charge is 2.23. The van der Waals surface area contributed by atoms with Gasteiger partial charge in [0.1, 0.15) is 0 Å². The fourth-order valence-electron chi connectivity index (χ4n) is 1.32. The van der Waals surface area contributed by atoms with Crippen LogP contribution in [0.1, 0.15) is 12.0 Å². The first-order valence-corrected chi connectivity index (χ1v) is 6.79. The van der Waals surface area contributed by atoms with E-state index < -0.39 is 15.1 Å². The molecule has 1 unspecified atom stereocenters. The van der Waals surface area contributed by atoms with Crippen molar-refractivity contribution in [1.29, 1.82) is 5.26 Å². The molecule has 0 bridgehead atoms. The lowest BCUT2D eigenvalue weighted by Gasteiger charge is -2.08. The standard InChI is InChI=1S/C11H12N2O3S/c1-17(15,16)10(8-12)7-11(13-14)9-5-3-2-4-6-9/h2-6,10,14H,7H2,1H3. The van der Waals surface area contributed by atoms with Crippen molar-refractivity contribution in [2.75, 3.05) is 6.26 Å². The Kier molecular flexibility index (Phi) is 4.24. The topological polar surface area (TPSA) is 90.5 Å². The zero-order chi connectivity index (χ0) is 12.9. The molecule has 1 atom stereocenters. The summed E-state index contributed by atoms with van der Waals surface area (Å²) < 4.78 is 22.6. The molecule has 17 heavy (non-hydrogen) atoms. The molecule has 0 fully saturated rings. The third-order valence-corrected chi connectivity index (χ3v) is 3.57. The van der Waals surface area contributed by atoms with E-state index in [1.165, 1.54) is 0 Å². The Balaban J connectivity index is 2.98. The van der Waals surface area contributed by atoms with Crippen molar-refractivity contribution in [3.63, 3.8) is 0 Å². The van der Waals surface area contributed by atoms with Crippen LogP contribution >= 0.6 is 0 Å². The zero-order valence-electron chi connectivity index (χ0n) is 9.24. The molecule has 1 aromatic rings. The van der Waals surface area contributed by atoms with E-state index in [-0.39, 0.29) is 12.1 Å². The Hall–Kier alpha value is -1.87. The Morgan fingerprint density at radius 3 is 2.47 bits per heavy atom. The van der Waals surface area contributed by atoms with Crippen LogP contribution in [-0.2, 0) is 9.84 Å². The number of nitrogens with zero attached hydrogens (tertiary/aromatic N) is 2. The summed E-state index contributed by atoms with van der Waals surface area (Å²) in [5.74, 6) is 0. The summed E-state index contributed by atoms with van der Waals surface area (Å²) in [6.07, 6.45) is 0.858. The van der Waals surface area contributed by atoms with E-state index in [4.69, 9.17) is 10.5 Å². The first-order valence-electron chi connectivity index (χ1n) is 4.84. The van der Waals surface area contributed by atoms with Crippen molar-refractivity contribution in [2.45, 2.75) is 11.7 Å². The van der Waals surface area contributed by atoms with Gasteiger partial charge in [-0.1, -0.05) is 35.5 Å². The summed E-state index contributed by atoms with van der Waals surface area (Å²) in [5.41, 5.74) is 0.779. The van der Waals surface area contributed by atoms with Gasteiger partial charge < -0.3 is 5.21 Å². The van der Waals surface area contributed by atoms with Gasteiger partial charge in [0, 0.05) is 12.7 Å². The lowest BCUT2D eigenvalue weighted by Crippen LogP contribution is -2.22. The molecule has 0 aliphatic heterocycles. The highest BCUT2D eigenvalue weighted by atomic mass is 32.2. The first-order chi connectivity index (χ1) is 7.99. The summed E-state index contributed by atoms with van der Waals surface area (Å²) in [6, 6.07) is 10.3. The van der Waals surface area contributed by atoms with E-state index in [9.17, 15) is 8.42 Å². The van der Waals surface area contributed by atoms with Gasteiger partial charge >= 0.3 is 0 Å². The van der Waals surface area contributed by atoms with Crippen LogP contribution < -0.4 is 0 Å². The van der Waals surface area contributed by atoms with Crippen LogP contribution in [0.15, 0.2) is 35.5 Å². The molecule has 0 aromatic heterocycles. The van der Waals surface area contributed by atoms with Crippen molar-refractivity contribution in [1.82, 2.24) is 0 Å². The average molecular weight is 252 g/mol. The van der Waals surface area contributed by atoms with E-state index in [0.717, 1.165) is 6.26 Å². The maximum atomic E-state index is 11.3. The van der Waals surface area contributed by atoms with Crippen molar-refractivity contribution in [3.8, 4) is 6.07 Å². The van der Waals surface area contributed by atoms with Crippen molar-refractivity contribution >= 4 is 15.5 Å². The number of nitriles is 1. The molecule has 0 aliphatic carbocycles. The maximum absolute atomic E-state index is 11.3. The summed E-state index contributed by atoms with van der Waals surface area (Å²) in [4.78, 5) is 0. The minimum Gasteiger partial charge on any atom is -0.411 e. The van der Waals surface area contributed by atoms with Gasteiger partial charge in [0.05, 0.1) is 11.8 Å². The monoisotopic (exact) mass is 252 g/mol. The molecule has 0 amide bonds. The van der Waals surface area contributed by atoms with Crippen LogP contribution in [0.5, 0.6) is 0 Å². The minimum atomic E-state index is -3.48. The molecule has 0 aliphatic rings. The summed E-state index contributed by atoms with van der Waals surface area (Å²) in [5, 5.41) is 19.5. The van der Waals surface area contributed by atoms with E-state index in [1.807, 2.05) is 0 Å². The predicted molar refractivity (Wildman–Crippen MR) is 63.6 cm³/mol. The Bertz CT molecular complexity index is 544. The number of hydrogen-bond donors (Lipinski definition) is 1. The molecule has 1 rings (SSSR count). The fourth-order valence-corrected chi connectivity index (χ4v) is 1.97. The number of benzene rings is 1. The highest BCUT2D eigenvalue weighted by Crippen LogP contribution is 2.11. The van der Waals surface area contributed by atoms with Gasteiger partial charge in [0.15, 0.2) is 15.1 Å². The highest BCUT2D eigenvalue weighted by molar-refractivity contribution is 7.91. The molecule has 90 valence electrons. The lowest BCUT2D eigenvalue weighted by molar-refractivity contribution is 0.318. The van der Waals surface area contributed by atoms with Gasteiger partial charge in [0.25, 0.3) is 0 Å². The van der Waals surface area contributed by atoms with Gasteiger partial charge in [-0.25, -0.2) is 8.42 Å². The number of oxime groups is 1. The Morgan fingerprint density at radius 1 is 1.47 bits per heavy atom. The van der Waals surface area contributed by atoms with E-state index in [2.05, 4.69) is 5.16 Å². The van der Waals surface area contributed by atoms with Crippen LogP contribution in [0, 0.1) is 11.3 Å². The number of sulfone groups is 1. The smallest absolute Gasteiger partial charge is 0.164 e. The number of hydrogen-bond acceptors (Lipinski definition) is 5. The zero-order valence-corrected chi connectivity index (χ0v) is 10.1. The molecule has 0 spiro atoms. The van der Waals surface area contributed by atoms with Crippen LogP contribution in [0.25, 0.3) is 0 Å². The van der Waals surface area contributed by atoms with Crippen molar-refractivity contribution in [3.05, 3.63) is 35.9 Å². The molecular weight excluding hydrogens is 240 g/mol. The van der Waals surface area contributed by atoms with Gasteiger partial charge in [-0.15, -0.1) is 0 Å². The lowest BCUT2D eigenvalue weighted by atomic mass is 10.1. The first kappa shape index (κ1) is 13.2. The van der Waals surface area contributed by atoms with Crippen molar-refractivity contribution < 1.29 is 13.6 Å². The maximum Gasteiger partial charge on any atom is 0.164 e. The molecule has 5 nitrogen and oxygen atoms in total. The third kappa shape index (κ3) is 3.57. The largest absolute Gasteiger partial charge is 0.411 e. The molecule has 1 N–H and O–H groups in total. The van der Waals surface area contributed by atoms with Gasteiger partial charge in [-0.2, -0.15) is 5.26 Å². The Labute approximate surface area is 99.9 Å². The average Bonchev–Trinajstić information content (AvgIpc) is 2.30. The van der Waals surface area contributed by atoms with Crippen molar-refractivity contribution in [2.24, 2.45) is 5.16 Å². The molecular formula is C11H12N2O3S. The number of rotatable bonds is 4. The second-order valence-electron chi connectivity index (χ2n) is 3.56. The second kappa shape index (κ2) is 5.46. The molecule has 0 heterocycles. The molecule has 0 radical (unpaired) electrons. The van der Waals surface area contributed by atoms with E-state index >= 15 is 0 Å². The quantitative estimate of drug-likeness (QED) is 0.495. The predicted octanol–water partition coefficient (Wildman–Crippen LogP) is 1.19. The van der Waals surface area contributed by atoms with E-state index in [0.29, 0.717) is 5.56 Å². The van der Waals surface area contributed by atoms with Crippen LogP contribution in [-0.4, -0.2) is 30.8 Å². The summed E-state index contributed by atoms with van der Waals surface area (Å²) >= 11 is 0. The Morgan fingerprint density at radius 2 is 2.06 bits per heavy atom. The summed E-state index contributed by atoms with van der Waals surface area (Å²) in [7, 11) is -3.48. The molecule has 0 saturated carbocycles. The van der Waals surface area contributed by atoms with Crippen LogP contribution in [0.3, 0.4) is 0 Å². The van der Waals surface area contributed by atoms with Gasteiger partial charge in [-0.3, -0.25) is 0 Å². The van der Waals surface area contributed by atoms with Gasteiger partial charge in [0.2, 0.25) is 0 Å². The minimum absolute atomic E-state index is 0.129. The van der Waals surface area contributed by atoms with Gasteiger partial charge in [-0.05, 0) is 5.56 Å². The second-order valence-corrected chi connectivity index (χ2v) is 5.79. The normalized spacial score (nSPS) is 14.0. The fraction of sp³-hybridized carbons (Fsp3) is 0.273. The SMILES string of the molecule is CS(=O)(=O)C(C#N)CC(=NO)c1ccccc1. The summed E-state index contributed by atoms with van der Waals surface area (Å²) in [6.45, 7) is 0.